The number of fused-ring (bicyclic) bond motifs is 1. The van der Waals surface area contributed by atoms with Crippen LogP contribution in [-0.2, 0) is 11.3 Å². The van der Waals surface area contributed by atoms with Crippen LogP contribution < -0.4 is 0 Å². The van der Waals surface area contributed by atoms with Gasteiger partial charge in [-0.2, -0.15) is 0 Å². The van der Waals surface area contributed by atoms with E-state index in [-0.39, 0.29) is 6.54 Å². The van der Waals surface area contributed by atoms with Crippen molar-refractivity contribution in [1.29, 1.82) is 0 Å². The first-order chi connectivity index (χ1) is 7.08. The molecule has 0 saturated carbocycles. The lowest BCUT2D eigenvalue weighted by molar-refractivity contribution is -0.137. The van der Waals surface area contributed by atoms with Crippen molar-refractivity contribution in [3.63, 3.8) is 0 Å². The van der Waals surface area contributed by atoms with E-state index < -0.39 is 5.97 Å². The lowest BCUT2D eigenvalue weighted by Gasteiger charge is -2.03. The van der Waals surface area contributed by atoms with Gasteiger partial charge in [-0.3, -0.25) is 4.79 Å². The van der Waals surface area contributed by atoms with E-state index in [9.17, 15) is 4.79 Å². The molecule has 0 bridgehead atoms. The van der Waals surface area contributed by atoms with Crippen LogP contribution in [0.3, 0.4) is 0 Å². The molecule has 0 fully saturated rings. The molecule has 2 aromatic rings. The largest absolute Gasteiger partial charge is 0.480 e. The monoisotopic (exact) mass is 223 g/mol. The van der Waals surface area contributed by atoms with Gasteiger partial charge >= 0.3 is 5.97 Å². The third-order valence-electron chi connectivity index (χ3n) is 2.36. The zero-order valence-electron chi connectivity index (χ0n) is 8.20. The third-order valence-corrected chi connectivity index (χ3v) is 2.76. The first-order valence-electron chi connectivity index (χ1n) is 4.55. The van der Waals surface area contributed by atoms with Crippen LogP contribution in [0, 0.1) is 6.92 Å². The summed E-state index contributed by atoms with van der Waals surface area (Å²) in [6, 6.07) is 5.65. The minimum atomic E-state index is -0.857. The quantitative estimate of drug-likeness (QED) is 0.851. The highest BCUT2D eigenvalue weighted by Crippen LogP contribution is 2.24. The van der Waals surface area contributed by atoms with E-state index in [2.05, 4.69) is 0 Å². The fourth-order valence-corrected chi connectivity index (χ4v) is 1.77. The normalized spacial score (nSPS) is 10.8. The van der Waals surface area contributed by atoms with Crippen molar-refractivity contribution in [2.24, 2.45) is 0 Å². The maximum atomic E-state index is 10.6. The van der Waals surface area contributed by atoms with Gasteiger partial charge in [0.25, 0.3) is 0 Å². The maximum Gasteiger partial charge on any atom is 0.323 e. The average Bonchev–Trinajstić information content (AvgIpc) is 2.49. The fourth-order valence-electron chi connectivity index (χ4n) is 1.61. The van der Waals surface area contributed by atoms with Gasteiger partial charge in [0.15, 0.2) is 0 Å². The van der Waals surface area contributed by atoms with Crippen molar-refractivity contribution in [3.8, 4) is 0 Å². The second-order valence-corrected chi connectivity index (χ2v) is 3.90. The van der Waals surface area contributed by atoms with Gasteiger partial charge in [-0.05, 0) is 36.1 Å². The van der Waals surface area contributed by atoms with Crippen LogP contribution >= 0.6 is 11.6 Å². The van der Waals surface area contributed by atoms with Crippen LogP contribution in [0.5, 0.6) is 0 Å². The molecule has 0 atom stereocenters. The lowest BCUT2D eigenvalue weighted by Crippen LogP contribution is -2.07. The SMILES string of the molecule is Cc1cc2ccn(CC(=O)O)c2cc1Cl. The van der Waals surface area contributed by atoms with E-state index in [1.165, 1.54) is 0 Å². The second kappa shape index (κ2) is 3.59. The molecule has 1 N–H and O–H groups in total. The number of nitrogens with zero attached hydrogens (tertiary/aromatic N) is 1. The van der Waals surface area contributed by atoms with Crippen LogP contribution in [0.4, 0.5) is 0 Å². The van der Waals surface area contributed by atoms with Crippen LogP contribution in [0.25, 0.3) is 10.9 Å². The number of benzene rings is 1. The summed E-state index contributed by atoms with van der Waals surface area (Å²) in [7, 11) is 0. The van der Waals surface area contributed by atoms with Crippen molar-refractivity contribution >= 4 is 28.5 Å². The number of halogens is 1. The Labute approximate surface area is 91.9 Å². The van der Waals surface area contributed by atoms with Crippen LogP contribution in [0.1, 0.15) is 5.56 Å². The molecule has 2 rings (SSSR count). The molecule has 0 aliphatic carbocycles. The molecule has 4 heteroatoms. The number of aliphatic carboxylic acids is 1. The van der Waals surface area contributed by atoms with Gasteiger partial charge in [0.05, 0.1) is 5.52 Å². The van der Waals surface area contributed by atoms with Gasteiger partial charge in [-0.25, -0.2) is 0 Å². The molecule has 0 spiro atoms. The number of carbonyl (C=O) groups is 1. The summed E-state index contributed by atoms with van der Waals surface area (Å²) in [4.78, 5) is 10.6. The summed E-state index contributed by atoms with van der Waals surface area (Å²) < 4.78 is 1.67. The molecule has 1 aromatic heterocycles. The number of hydrogen-bond donors (Lipinski definition) is 1. The molecule has 15 heavy (non-hydrogen) atoms. The number of aryl methyl sites for hydroxylation is 1. The van der Waals surface area contributed by atoms with Gasteiger partial charge in [0.1, 0.15) is 6.54 Å². The number of hydrogen-bond acceptors (Lipinski definition) is 1. The van der Waals surface area contributed by atoms with E-state index >= 15 is 0 Å². The van der Waals surface area contributed by atoms with Crippen molar-refractivity contribution in [2.45, 2.75) is 13.5 Å². The molecule has 0 radical (unpaired) electrons. The first kappa shape index (κ1) is 10.1. The fraction of sp³-hybridized carbons (Fsp3) is 0.182. The molecule has 0 unspecified atom stereocenters. The molecule has 0 amide bonds. The van der Waals surface area contributed by atoms with Crippen LogP contribution in [0.15, 0.2) is 24.4 Å². The van der Waals surface area contributed by atoms with Crippen molar-refractivity contribution < 1.29 is 9.90 Å². The number of carboxylic acid groups (broad SMARTS) is 1. The summed E-state index contributed by atoms with van der Waals surface area (Å²) >= 11 is 5.99. The van der Waals surface area contributed by atoms with Gasteiger partial charge < -0.3 is 9.67 Å². The first-order valence-corrected chi connectivity index (χ1v) is 4.92. The van der Waals surface area contributed by atoms with E-state index in [0.717, 1.165) is 16.5 Å². The van der Waals surface area contributed by atoms with Gasteiger partial charge in [0.2, 0.25) is 0 Å². The number of rotatable bonds is 2. The van der Waals surface area contributed by atoms with E-state index in [1.54, 1.807) is 16.8 Å². The highest BCUT2D eigenvalue weighted by molar-refractivity contribution is 6.32. The Morgan fingerprint density at radius 2 is 2.27 bits per heavy atom. The van der Waals surface area contributed by atoms with Gasteiger partial charge in [-0.1, -0.05) is 11.6 Å². The van der Waals surface area contributed by atoms with Gasteiger partial charge in [-0.15, -0.1) is 0 Å². The van der Waals surface area contributed by atoms with Crippen molar-refractivity contribution in [3.05, 3.63) is 35.0 Å². The Bertz CT molecular complexity index is 531. The van der Waals surface area contributed by atoms with Crippen LogP contribution in [0.2, 0.25) is 5.02 Å². The molecule has 3 nitrogen and oxygen atoms in total. The minimum absolute atomic E-state index is 0.0388. The molecule has 0 aliphatic rings. The summed E-state index contributed by atoms with van der Waals surface area (Å²) in [5.41, 5.74) is 1.85. The van der Waals surface area contributed by atoms with E-state index in [4.69, 9.17) is 16.7 Å². The second-order valence-electron chi connectivity index (χ2n) is 3.50. The maximum absolute atomic E-state index is 10.6. The third kappa shape index (κ3) is 1.83. The molecular weight excluding hydrogens is 214 g/mol. The molecule has 1 aromatic carbocycles. The Hall–Kier alpha value is -1.48. The molecular formula is C11H10ClNO2. The van der Waals surface area contributed by atoms with Gasteiger partial charge in [0, 0.05) is 11.2 Å². The smallest absolute Gasteiger partial charge is 0.323 e. The van der Waals surface area contributed by atoms with E-state index in [1.807, 2.05) is 19.1 Å². The Morgan fingerprint density at radius 3 is 2.93 bits per heavy atom. The summed E-state index contributed by atoms with van der Waals surface area (Å²) in [5.74, 6) is -0.857. The highest BCUT2D eigenvalue weighted by Gasteiger charge is 2.06. The summed E-state index contributed by atoms with van der Waals surface area (Å²) in [6.07, 6.45) is 1.76. The topological polar surface area (TPSA) is 42.2 Å². The predicted molar refractivity (Wildman–Crippen MR) is 59.3 cm³/mol. The minimum Gasteiger partial charge on any atom is -0.480 e. The Kier molecular flexibility index (Phi) is 2.40. The van der Waals surface area contributed by atoms with Crippen LogP contribution in [-0.4, -0.2) is 15.6 Å². The lowest BCUT2D eigenvalue weighted by atomic mass is 10.2. The summed E-state index contributed by atoms with van der Waals surface area (Å²) in [6.45, 7) is 1.89. The summed E-state index contributed by atoms with van der Waals surface area (Å²) in [5, 5.41) is 10.4. The number of carboxylic acids is 1. The van der Waals surface area contributed by atoms with Crippen molar-refractivity contribution in [2.75, 3.05) is 0 Å². The van der Waals surface area contributed by atoms with Crippen molar-refractivity contribution in [1.82, 2.24) is 4.57 Å². The van der Waals surface area contributed by atoms with E-state index in [0.29, 0.717) is 5.02 Å². The Morgan fingerprint density at radius 1 is 1.53 bits per heavy atom. The molecule has 0 saturated heterocycles. The number of aromatic nitrogens is 1. The average molecular weight is 224 g/mol. The zero-order chi connectivity index (χ0) is 11.0. The molecule has 0 aliphatic heterocycles. The predicted octanol–water partition coefficient (Wildman–Crippen LogP) is 2.69. The molecule has 1 heterocycles. The standard InChI is InChI=1S/C11H10ClNO2/c1-7-4-8-2-3-13(6-11(14)15)10(8)5-9(7)12/h2-5H,6H2,1H3,(H,14,15). The molecule has 78 valence electrons. The highest BCUT2D eigenvalue weighted by atomic mass is 35.5. The Balaban J connectivity index is 2.59. The zero-order valence-corrected chi connectivity index (χ0v) is 8.95.